The zero-order valence-electron chi connectivity index (χ0n) is 16.2. The van der Waals surface area contributed by atoms with Crippen molar-refractivity contribution in [3.8, 4) is 11.5 Å². The van der Waals surface area contributed by atoms with Crippen LogP contribution in [0.4, 0.5) is 0 Å². The minimum atomic E-state index is -1.01. The topological polar surface area (TPSA) is 75.6 Å². The van der Waals surface area contributed by atoms with E-state index in [4.69, 9.17) is 4.74 Å². The molecule has 0 aliphatic rings. The molecular formula is C22H27NO4S. The van der Waals surface area contributed by atoms with Crippen molar-refractivity contribution in [3.63, 3.8) is 0 Å². The number of carbonyl (C=O) groups is 2. The van der Waals surface area contributed by atoms with Crippen molar-refractivity contribution >= 4 is 24.5 Å². The molecule has 0 bridgehead atoms. The first-order chi connectivity index (χ1) is 13.4. The summed E-state index contributed by atoms with van der Waals surface area (Å²) < 4.78 is 5.77. The Kier molecular flexibility index (Phi) is 8.39. The van der Waals surface area contributed by atoms with Gasteiger partial charge in [0.2, 0.25) is 5.91 Å². The van der Waals surface area contributed by atoms with Gasteiger partial charge in [-0.25, -0.2) is 4.79 Å². The van der Waals surface area contributed by atoms with Crippen molar-refractivity contribution in [1.82, 2.24) is 5.32 Å². The standard InChI is InChI=1S/C22H27NO4S/c1-15(2)12-20(22(25)26)23-21(24)17(14-28)13-16-8-10-19(11-9-16)27-18-6-4-3-5-7-18/h3-11,15,17,20,28H,12-14H2,1-2H3,(H,23,24)(H,25,26)/t17?,20-/m0/s1. The predicted octanol–water partition coefficient (Wildman–Crippen LogP) is 4.18. The minimum absolute atomic E-state index is 0.174. The second kappa shape index (κ2) is 10.8. The fourth-order valence-corrected chi connectivity index (χ4v) is 3.12. The van der Waals surface area contributed by atoms with Crippen LogP contribution in [0.2, 0.25) is 0 Å². The Bertz CT molecular complexity index is 762. The van der Waals surface area contributed by atoms with Gasteiger partial charge in [0.05, 0.1) is 5.92 Å². The highest BCUT2D eigenvalue weighted by atomic mass is 32.1. The Labute approximate surface area is 171 Å². The molecule has 0 aliphatic carbocycles. The summed E-state index contributed by atoms with van der Waals surface area (Å²) in [5, 5.41) is 12.0. The summed E-state index contributed by atoms with van der Waals surface area (Å²) in [5.74, 6) is 0.279. The van der Waals surface area contributed by atoms with Crippen LogP contribution in [0.1, 0.15) is 25.8 Å². The summed E-state index contributed by atoms with van der Waals surface area (Å²) in [6.45, 7) is 3.86. The zero-order chi connectivity index (χ0) is 20.5. The molecule has 0 heterocycles. The number of carboxylic acids is 1. The largest absolute Gasteiger partial charge is 0.480 e. The van der Waals surface area contributed by atoms with E-state index in [0.29, 0.717) is 24.3 Å². The molecule has 0 saturated carbocycles. The fraction of sp³-hybridized carbons (Fsp3) is 0.364. The van der Waals surface area contributed by atoms with Crippen LogP contribution < -0.4 is 10.1 Å². The van der Waals surface area contributed by atoms with Crippen LogP contribution in [0.25, 0.3) is 0 Å². The lowest BCUT2D eigenvalue weighted by Crippen LogP contribution is -2.45. The Morgan fingerprint density at radius 3 is 2.18 bits per heavy atom. The lowest BCUT2D eigenvalue weighted by atomic mass is 9.98. The molecule has 150 valence electrons. The molecule has 0 spiro atoms. The smallest absolute Gasteiger partial charge is 0.326 e. The van der Waals surface area contributed by atoms with Crippen LogP contribution in [-0.4, -0.2) is 28.8 Å². The molecule has 2 aromatic carbocycles. The highest BCUT2D eigenvalue weighted by Gasteiger charge is 2.25. The van der Waals surface area contributed by atoms with Crippen molar-refractivity contribution in [2.75, 3.05) is 5.75 Å². The number of thiol groups is 1. The molecule has 5 nitrogen and oxygen atoms in total. The van der Waals surface area contributed by atoms with Crippen LogP contribution in [0.3, 0.4) is 0 Å². The molecular weight excluding hydrogens is 374 g/mol. The van der Waals surface area contributed by atoms with Crippen LogP contribution >= 0.6 is 12.6 Å². The van der Waals surface area contributed by atoms with Gasteiger partial charge in [0.1, 0.15) is 17.5 Å². The van der Waals surface area contributed by atoms with Gasteiger partial charge in [-0.2, -0.15) is 12.6 Å². The molecule has 2 N–H and O–H groups in total. The van der Waals surface area contributed by atoms with E-state index in [1.807, 2.05) is 68.4 Å². The summed E-state index contributed by atoms with van der Waals surface area (Å²) in [4.78, 5) is 23.9. The molecule has 0 radical (unpaired) electrons. The highest BCUT2D eigenvalue weighted by Crippen LogP contribution is 2.22. The van der Waals surface area contributed by atoms with Crippen molar-refractivity contribution < 1.29 is 19.4 Å². The number of benzene rings is 2. The van der Waals surface area contributed by atoms with E-state index >= 15 is 0 Å². The third-order valence-electron chi connectivity index (χ3n) is 4.30. The average Bonchev–Trinajstić information content (AvgIpc) is 2.67. The molecule has 0 fully saturated rings. The molecule has 0 saturated heterocycles. The van der Waals surface area contributed by atoms with Gasteiger partial charge in [0, 0.05) is 5.75 Å². The Morgan fingerprint density at radius 1 is 1.04 bits per heavy atom. The molecule has 6 heteroatoms. The summed E-state index contributed by atoms with van der Waals surface area (Å²) in [6.07, 6.45) is 0.876. The van der Waals surface area contributed by atoms with Gasteiger partial charge in [-0.05, 0) is 48.6 Å². The maximum absolute atomic E-state index is 12.5. The maximum atomic E-state index is 12.5. The monoisotopic (exact) mass is 401 g/mol. The Balaban J connectivity index is 1.97. The Hall–Kier alpha value is -2.47. The highest BCUT2D eigenvalue weighted by molar-refractivity contribution is 7.80. The molecule has 1 unspecified atom stereocenters. The number of aliphatic carboxylic acids is 1. The SMILES string of the molecule is CC(C)C[C@H](NC(=O)C(CS)Cc1ccc(Oc2ccccc2)cc1)C(=O)O. The first-order valence-electron chi connectivity index (χ1n) is 9.35. The fourth-order valence-electron chi connectivity index (χ4n) is 2.83. The maximum Gasteiger partial charge on any atom is 0.326 e. The van der Waals surface area contributed by atoms with E-state index in [2.05, 4.69) is 17.9 Å². The number of ether oxygens (including phenoxy) is 1. The van der Waals surface area contributed by atoms with Crippen molar-refractivity contribution in [2.24, 2.45) is 11.8 Å². The number of hydrogen-bond acceptors (Lipinski definition) is 4. The van der Waals surface area contributed by atoms with E-state index < -0.39 is 17.9 Å². The van der Waals surface area contributed by atoms with Crippen LogP contribution in [0.15, 0.2) is 54.6 Å². The molecule has 2 aromatic rings. The lowest BCUT2D eigenvalue weighted by Gasteiger charge is -2.20. The van der Waals surface area contributed by atoms with Gasteiger partial charge < -0.3 is 15.2 Å². The zero-order valence-corrected chi connectivity index (χ0v) is 17.1. The van der Waals surface area contributed by atoms with E-state index in [0.717, 1.165) is 11.3 Å². The van der Waals surface area contributed by atoms with Gasteiger partial charge in [0.15, 0.2) is 0 Å². The number of para-hydroxylation sites is 1. The van der Waals surface area contributed by atoms with E-state index in [-0.39, 0.29) is 11.8 Å². The van der Waals surface area contributed by atoms with Crippen LogP contribution in [-0.2, 0) is 16.0 Å². The second-order valence-corrected chi connectivity index (χ2v) is 7.54. The van der Waals surface area contributed by atoms with Crippen molar-refractivity contribution in [1.29, 1.82) is 0 Å². The van der Waals surface area contributed by atoms with Crippen molar-refractivity contribution in [2.45, 2.75) is 32.7 Å². The van der Waals surface area contributed by atoms with E-state index in [9.17, 15) is 14.7 Å². The first kappa shape index (κ1) is 21.8. The summed E-state index contributed by atoms with van der Waals surface area (Å²) in [5.41, 5.74) is 0.963. The molecule has 0 aromatic heterocycles. The summed E-state index contributed by atoms with van der Waals surface area (Å²) in [6, 6.07) is 16.1. The van der Waals surface area contributed by atoms with Crippen molar-refractivity contribution in [3.05, 3.63) is 60.2 Å². The second-order valence-electron chi connectivity index (χ2n) is 7.17. The lowest BCUT2D eigenvalue weighted by molar-refractivity contribution is -0.142. The minimum Gasteiger partial charge on any atom is -0.480 e. The number of amides is 1. The number of carboxylic acid groups (broad SMARTS) is 1. The first-order valence-corrected chi connectivity index (χ1v) is 9.98. The Morgan fingerprint density at radius 2 is 1.64 bits per heavy atom. The van der Waals surface area contributed by atoms with Gasteiger partial charge >= 0.3 is 5.97 Å². The molecule has 0 aliphatic heterocycles. The number of carbonyl (C=O) groups excluding carboxylic acids is 1. The van der Waals surface area contributed by atoms with Crippen LogP contribution in [0.5, 0.6) is 11.5 Å². The normalized spacial score (nSPS) is 13.0. The molecule has 2 rings (SSSR count). The van der Waals surface area contributed by atoms with E-state index in [1.165, 1.54) is 0 Å². The number of hydrogen-bond donors (Lipinski definition) is 3. The van der Waals surface area contributed by atoms with Gasteiger partial charge in [-0.3, -0.25) is 4.79 Å². The van der Waals surface area contributed by atoms with Crippen LogP contribution in [0, 0.1) is 11.8 Å². The van der Waals surface area contributed by atoms with Gasteiger partial charge in [0.25, 0.3) is 0 Å². The predicted molar refractivity (Wildman–Crippen MR) is 113 cm³/mol. The number of rotatable bonds is 10. The van der Waals surface area contributed by atoms with Gasteiger partial charge in [-0.15, -0.1) is 0 Å². The molecule has 28 heavy (non-hydrogen) atoms. The molecule has 2 atom stereocenters. The average molecular weight is 402 g/mol. The van der Waals surface area contributed by atoms with E-state index in [1.54, 1.807) is 0 Å². The van der Waals surface area contributed by atoms with Gasteiger partial charge in [-0.1, -0.05) is 44.2 Å². The number of nitrogens with one attached hydrogen (secondary N) is 1. The molecule has 1 amide bonds. The summed E-state index contributed by atoms with van der Waals surface area (Å²) in [7, 11) is 0. The third kappa shape index (κ3) is 6.93. The summed E-state index contributed by atoms with van der Waals surface area (Å²) >= 11 is 4.28. The quantitative estimate of drug-likeness (QED) is 0.522. The third-order valence-corrected chi connectivity index (χ3v) is 4.74.